The van der Waals surface area contributed by atoms with E-state index in [4.69, 9.17) is 4.55 Å². The second-order valence-corrected chi connectivity index (χ2v) is 5.73. The van der Waals surface area contributed by atoms with Gasteiger partial charge in [0.2, 0.25) is 6.10 Å². The van der Waals surface area contributed by atoms with E-state index >= 15 is 0 Å². The Hall–Kier alpha value is -1.61. The molecule has 0 aliphatic carbocycles. The molecule has 1 N–H and O–H groups in total. The van der Waals surface area contributed by atoms with Crippen molar-refractivity contribution in [1.82, 2.24) is 0 Å². The molecule has 1 atom stereocenters. The molecule has 0 amide bonds. The number of rotatable bonds is 5. The van der Waals surface area contributed by atoms with Gasteiger partial charge in [0, 0.05) is 0 Å². The van der Waals surface area contributed by atoms with E-state index in [-0.39, 0.29) is 5.56 Å². The average molecular weight is 326 g/mol. The minimum atomic E-state index is -5.10. The second-order valence-electron chi connectivity index (χ2n) is 4.23. The van der Waals surface area contributed by atoms with Crippen LogP contribution in [0, 0.1) is 0 Å². The van der Waals surface area contributed by atoms with E-state index in [1.54, 1.807) is 12.1 Å². The first kappa shape index (κ1) is 17.4. The van der Waals surface area contributed by atoms with Gasteiger partial charge in [-0.2, -0.15) is 21.6 Å². The van der Waals surface area contributed by atoms with Crippen LogP contribution in [-0.4, -0.2) is 37.0 Å². The third kappa shape index (κ3) is 5.72. The van der Waals surface area contributed by atoms with Gasteiger partial charge in [0.15, 0.2) is 0 Å². The number of carbonyl (C=O) groups excluding carboxylic acids is 1. The standard InChI is InChI=1S/C12H13F3O5S/c1-2-8-3-5-9(6-4-8)11(16)20-10(12(13,14)15)7-21(17,18)19/h3-6,10H,2,7H2,1H3,(H,17,18,19). The van der Waals surface area contributed by atoms with Crippen LogP contribution < -0.4 is 0 Å². The summed E-state index contributed by atoms with van der Waals surface area (Å²) in [6.45, 7) is 1.86. The van der Waals surface area contributed by atoms with Crippen LogP contribution in [0.25, 0.3) is 0 Å². The molecule has 0 saturated heterocycles. The fourth-order valence-corrected chi connectivity index (χ4v) is 2.10. The molecule has 9 heteroatoms. The summed E-state index contributed by atoms with van der Waals surface area (Å²) in [6, 6.07) is 5.65. The minimum absolute atomic E-state index is 0.142. The van der Waals surface area contributed by atoms with E-state index in [2.05, 4.69) is 4.74 Å². The number of halogens is 3. The molecule has 1 aromatic rings. The van der Waals surface area contributed by atoms with Gasteiger partial charge in [0.1, 0.15) is 5.75 Å². The summed E-state index contributed by atoms with van der Waals surface area (Å²) in [5.74, 6) is -3.06. The van der Waals surface area contributed by atoms with Gasteiger partial charge in [-0.15, -0.1) is 0 Å². The molecular formula is C12H13F3O5S. The Balaban J connectivity index is 2.89. The SMILES string of the molecule is CCc1ccc(C(=O)OC(CS(=O)(=O)O)C(F)(F)F)cc1. The highest BCUT2D eigenvalue weighted by molar-refractivity contribution is 7.85. The van der Waals surface area contributed by atoms with Gasteiger partial charge in [-0.05, 0) is 24.1 Å². The zero-order valence-electron chi connectivity index (χ0n) is 10.9. The summed E-state index contributed by atoms with van der Waals surface area (Å²) in [5, 5.41) is 0. The average Bonchev–Trinajstić information content (AvgIpc) is 2.35. The Kier molecular flexibility index (Phi) is 5.35. The first-order chi connectivity index (χ1) is 9.53. The lowest BCUT2D eigenvalue weighted by molar-refractivity contribution is -0.197. The van der Waals surface area contributed by atoms with E-state index in [9.17, 15) is 26.4 Å². The summed E-state index contributed by atoms with van der Waals surface area (Å²) in [5.41, 5.74) is 0.730. The van der Waals surface area contributed by atoms with Crippen LogP contribution in [0.4, 0.5) is 13.2 Å². The lowest BCUT2D eigenvalue weighted by atomic mass is 10.1. The van der Waals surface area contributed by atoms with Crippen molar-refractivity contribution in [1.29, 1.82) is 0 Å². The number of hydrogen-bond donors (Lipinski definition) is 1. The Morgan fingerprint density at radius 3 is 2.19 bits per heavy atom. The van der Waals surface area contributed by atoms with Crippen LogP contribution in [0.3, 0.4) is 0 Å². The van der Waals surface area contributed by atoms with Crippen LogP contribution >= 0.6 is 0 Å². The number of aryl methyl sites for hydroxylation is 1. The summed E-state index contributed by atoms with van der Waals surface area (Å²) in [4.78, 5) is 11.6. The maximum Gasteiger partial charge on any atom is 0.426 e. The summed E-state index contributed by atoms with van der Waals surface area (Å²) >= 11 is 0. The van der Waals surface area contributed by atoms with Crippen LogP contribution in [0.5, 0.6) is 0 Å². The third-order valence-electron chi connectivity index (χ3n) is 2.57. The van der Waals surface area contributed by atoms with Crippen molar-refractivity contribution in [2.45, 2.75) is 25.6 Å². The molecule has 1 unspecified atom stereocenters. The molecule has 118 valence electrons. The van der Waals surface area contributed by atoms with Crippen molar-refractivity contribution in [3.8, 4) is 0 Å². The molecule has 1 rings (SSSR count). The molecule has 0 fully saturated rings. The van der Waals surface area contributed by atoms with E-state index in [0.29, 0.717) is 6.42 Å². The smallest absolute Gasteiger partial charge is 0.426 e. The topological polar surface area (TPSA) is 80.7 Å². The Morgan fingerprint density at radius 1 is 1.29 bits per heavy atom. The van der Waals surface area contributed by atoms with E-state index in [1.807, 2.05) is 6.92 Å². The largest absolute Gasteiger partial charge is 0.448 e. The molecule has 0 aliphatic heterocycles. The van der Waals surface area contributed by atoms with Crippen molar-refractivity contribution in [3.63, 3.8) is 0 Å². The lowest BCUT2D eigenvalue weighted by Gasteiger charge is -2.19. The molecule has 0 saturated carbocycles. The van der Waals surface area contributed by atoms with Crippen molar-refractivity contribution in [2.24, 2.45) is 0 Å². The molecule has 0 aromatic heterocycles. The lowest BCUT2D eigenvalue weighted by Crippen LogP contribution is -2.39. The molecule has 0 bridgehead atoms. The maximum atomic E-state index is 12.6. The fourth-order valence-electron chi connectivity index (χ4n) is 1.46. The highest BCUT2D eigenvalue weighted by Gasteiger charge is 2.45. The Labute approximate surface area is 119 Å². The van der Waals surface area contributed by atoms with Crippen molar-refractivity contribution in [2.75, 3.05) is 5.75 Å². The molecule has 1 aromatic carbocycles. The van der Waals surface area contributed by atoms with Gasteiger partial charge in [0.05, 0.1) is 5.56 Å². The number of alkyl halides is 3. The Morgan fingerprint density at radius 2 is 1.81 bits per heavy atom. The molecule has 21 heavy (non-hydrogen) atoms. The predicted molar refractivity (Wildman–Crippen MR) is 67.5 cm³/mol. The summed E-state index contributed by atoms with van der Waals surface area (Å²) in [7, 11) is -4.94. The number of hydrogen-bond acceptors (Lipinski definition) is 4. The number of ether oxygens (including phenoxy) is 1. The van der Waals surface area contributed by atoms with Crippen LogP contribution in [0.2, 0.25) is 0 Å². The highest BCUT2D eigenvalue weighted by atomic mass is 32.2. The monoisotopic (exact) mass is 326 g/mol. The molecule has 0 heterocycles. The zero-order chi connectivity index (χ0) is 16.3. The summed E-state index contributed by atoms with van der Waals surface area (Å²) in [6.07, 6.45) is -7.34. The molecule has 0 spiro atoms. The van der Waals surface area contributed by atoms with Gasteiger partial charge in [-0.25, -0.2) is 4.79 Å². The second kappa shape index (κ2) is 6.44. The van der Waals surface area contributed by atoms with Gasteiger partial charge in [0.25, 0.3) is 10.1 Å². The first-order valence-electron chi connectivity index (χ1n) is 5.84. The molecular weight excluding hydrogens is 313 g/mol. The van der Waals surface area contributed by atoms with Crippen molar-refractivity contribution >= 4 is 16.1 Å². The van der Waals surface area contributed by atoms with E-state index in [0.717, 1.165) is 5.56 Å². The number of benzene rings is 1. The summed E-state index contributed by atoms with van der Waals surface area (Å²) < 4.78 is 71.5. The van der Waals surface area contributed by atoms with Crippen LogP contribution in [0.1, 0.15) is 22.8 Å². The molecule has 5 nitrogen and oxygen atoms in total. The quantitative estimate of drug-likeness (QED) is 0.663. The normalized spacial score (nSPS) is 13.8. The zero-order valence-corrected chi connectivity index (χ0v) is 11.7. The molecule has 0 aliphatic rings. The number of esters is 1. The first-order valence-corrected chi connectivity index (χ1v) is 7.45. The van der Waals surface area contributed by atoms with Gasteiger partial charge >= 0.3 is 12.1 Å². The fraction of sp³-hybridized carbons (Fsp3) is 0.417. The molecule has 0 radical (unpaired) electrons. The van der Waals surface area contributed by atoms with Gasteiger partial charge in [-0.1, -0.05) is 19.1 Å². The van der Waals surface area contributed by atoms with Crippen molar-refractivity contribution in [3.05, 3.63) is 35.4 Å². The number of carbonyl (C=O) groups is 1. The maximum absolute atomic E-state index is 12.6. The van der Waals surface area contributed by atoms with E-state index in [1.165, 1.54) is 12.1 Å². The van der Waals surface area contributed by atoms with E-state index < -0.39 is 34.1 Å². The Bertz CT molecular complexity index is 592. The predicted octanol–water partition coefficient (Wildman–Crippen LogP) is 2.22. The minimum Gasteiger partial charge on any atom is -0.448 e. The highest BCUT2D eigenvalue weighted by Crippen LogP contribution is 2.25. The van der Waals surface area contributed by atoms with Gasteiger partial charge < -0.3 is 4.74 Å². The van der Waals surface area contributed by atoms with Crippen LogP contribution in [-0.2, 0) is 21.3 Å². The van der Waals surface area contributed by atoms with Gasteiger partial charge in [-0.3, -0.25) is 4.55 Å². The van der Waals surface area contributed by atoms with Crippen LogP contribution in [0.15, 0.2) is 24.3 Å². The van der Waals surface area contributed by atoms with Crippen molar-refractivity contribution < 1.29 is 35.7 Å². The third-order valence-corrected chi connectivity index (χ3v) is 3.30.